The van der Waals surface area contributed by atoms with Crippen LogP contribution in [-0.4, -0.2) is 53.6 Å². The average molecular weight is 668 g/mol. The van der Waals surface area contributed by atoms with Gasteiger partial charge in [0.1, 0.15) is 6.10 Å². The molecule has 0 aromatic heterocycles. The van der Waals surface area contributed by atoms with Crippen molar-refractivity contribution in [1.29, 1.82) is 0 Å². The van der Waals surface area contributed by atoms with E-state index in [1.807, 2.05) is 0 Å². The Morgan fingerprint density at radius 2 is 1.58 bits per heavy atom. The van der Waals surface area contributed by atoms with Crippen LogP contribution in [0.4, 0.5) is 0 Å². The lowest BCUT2D eigenvalue weighted by molar-refractivity contribution is -0.213. The molecule has 8 nitrogen and oxygen atoms in total. The number of rotatable bonds is 7. The van der Waals surface area contributed by atoms with Crippen molar-refractivity contribution in [2.75, 3.05) is 13.2 Å². The Balaban J connectivity index is 1.25. The van der Waals surface area contributed by atoms with Crippen molar-refractivity contribution in [1.82, 2.24) is 5.32 Å². The molecule has 5 unspecified atom stereocenters. The molecular formula is C40H61NO7. The minimum absolute atomic E-state index is 0.0461. The third-order valence-electron chi connectivity index (χ3n) is 14.9. The van der Waals surface area contributed by atoms with Crippen LogP contribution in [0.1, 0.15) is 132 Å². The van der Waals surface area contributed by atoms with Gasteiger partial charge in [0.2, 0.25) is 5.91 Å². The molecule has 8 atom stereocenters. The molecule has 1 saturated heterocycles. The number of carboxylic acids is 1. The number of carboxylic acid groups (broad SMARTS) is 1. The molecular weight excluding hydrogens is 606 g/mol. The number of hydrogen-bond acceptors (Lipinski definition) is 6. The zero-order valence-corrected chi connectivity index (χ0v) is 30.8. The van der Waals surface area contributed by atoms with E-state index >= 15 is 0 Å². The highest BCUT2D eigenvalue weighted by Crippen LogP contribution is 2.72. The van der Waals surface area contributed by atoms with E-state index in [-0.39, 0.29) is 52.3 Å². The number of ketones is 1. The second kappa shape index (κ2) is 12.2. The number of carbonyl (C=O) groups is 4. The van der Waals surface area contributed by atoms with E-state index in [9.17, 15) is 24.3 Å². The third-order valence-corrected chi connectivity index (χ3v) is 14.9. The molecule has 0 spiro atoms. The summed E-state index contributed by atoms with van der Waals surface area (Å²) in [6.45, 7) is 18.3. The molecule has 5 aliphatic carbocycles. The molecule has 4 saturated carbocycles. The first-order valence-corrected chi connectivity index (χ1v) is 19.0. The van der Waals surface area contributed by atoms with E-state index < -0.39 is 22.9 Å². The molecule has 5 fully saturated rings. The van der Waals surface area contributed by atoms with Crippen molar-refractivity contribution in [3.63, 3.8) is 0 Å². The number of amides is 1. The fourth-order valence-electron chi connectivity index (χ4n) is 12.6. The van der Waals surface area contributed by atoms with Gasteiger partial charge in [0, 0.05) is 31.0 Å². The van der Waals surface area contributed by atoms with Gasteiger partial charge in [-0.3, -0.25) is 19.2 Å². The second-order valence-corrected chi connectivity index (χ2v) is 18.7. The minimum atomic E-state index is -1.16. The van der Waals surface area contributed by atoms with Crippen LogP contribution in [0.15, 0.2) is 11.1 Å². The zero-order chi connectivity index (χ0) is 35.0. The van der Waals surface area contributed by atoms with Gasteiger partial charge in [-0.05, 0) is 130 Å². The Kier molecular flexibility index (Phi) is 9.07. The standard InChI is InChI=1S/C40H61NO7/c1-23(2)32-27(42)21-40(41-34(44)24-14-19-47-20-15-24)18-11-26-25(33(32)40)9-10-29-38(26,7)16-12-28-37(5,6)30(13-17-39(28,29)8)48-31(43)22-36(3,4)35(45)46/h23-26,28-30H,9-22H2,1-8H3,(H,41,44)(H,45,46)/t25?,26?,28?,29?,30-,38?,39-,40+/m0/s1. The lowest BCUT2D eigenvalue weighted by Gasteiger charge is -2.68. The van der Waals surface area contributed by atoms with Crippen LogP contribution in [0, 0.1) is 57.2 Å². The molecule has 48 heavy (non-hydrogen) atoms. The normalized spacial score (nSPS) is 39.6. The number of hydrogen-bond donors (Lipinski definition) is 2. The van der Waals surface area contributed by atoms with Crippen molar-refractivity contribution >= 4 is 23.6 Å². The zero-order valence-electron chi connectivity index (χ0n) is 30.8. The summed E-state index contributed by atoms with van der Waals surface area (Å²) in [6.07, 6.45) is 9.49. The third kappa shape index (κ3) is 5.58. The van der Waals surface area contributed by atoms with Gasteiger partial charge in [0.15, 0.2) is 5.78 Å². The fraction of sp³-hybridized carbons (Fsp3) is 0.850. The lowest BCUT2D eigenvalue weighted by atomic mass is 9.37. The number of fused-ring (bicyclic) bond motifs is 7. The van der Waals surface area contributed by atoms with Gasteiger partial charge >= 0.3 is 11.9 Å². The number of carbonyl (C=O) groups excluding carboxylic acids is 3. The van der Waals surface area contributed by atoms with Gasteiger partial charge in [-0.15, -0.1) is 0 Å². The van der Waals surface area contributed by atoms with Crippen LogP contribution < -0.4 is 5.32 Å². The van der Waals surface area contributed by atoms with E-state index in [0.29, 0.717) is 43.3 Å². The Morgan fingerprint density at radius 3 is 2.23 bits per heavy atom. The first-order valence-electron chi connectivity index (χ1n) is 19.0. The quantitative estimate of drug-likeness (QED) is 0.274. The maximum atomic E-state index is 13.8. The number of allylic oxidation sites excluding steroid dienone is 1. The van der Waals surface area contributed by atoms with Crippen LogP contribution in [0.2, 0.25) is 0 Å². The highest BCUT2D eigenvalue weighted by atomic mass is 16.5. The molecule has 1 heterocycles. The topological polar surface area (TPSA) is 119 Å². The first kappa shape index (κ1) is 35.6. The van der Waals surface area contributed by atoms with Crippen molar-refractivity contribution in [3.05, 3.63) is 11.1 Å². The van der Waals surface area contributed by atoms with Gasteiger partial charge in [-0.25, -0.2) is 0 Å². The summed E-state index contributed by atoms with van der Waals surface area (Å²) in [7, 11) is 0. The van der Waals surface area contributed by atoms with E-state index in [1.54, 1.807) is 13.8 Å². The summed E-state index contributed by atoms with van der Waals surface area (Å²) >= 11 is 0. The van der Waals surface area contributed by atoms with Gasteiger partial charge in [-0.2, -0.15) is 0 Å². The van der Waals surface area contributed by atoms with Crippen molar-refractivity contribution in [2.24, 2.45) is 57.2 Å². The summed E-state index contributed by atoms with van der Waals surface area (Å²) in [5, 5.41) is 13.1. The van der Waals surface area contributed by atoms with Gasteiger partial charge < -0.3 is 19.9 Å². The monoisotopic (exact) mass is 667 g/mol. The second-order valence-electron chi connectivity index (χ2n) is 18.7. The van der Waals surface area contributed by atoms with E-state index in [1.165, 1.54) is 5.57 Å². The van der Waals surface area contributed by atoms with Crippen LogP contribution in [0.3, 0.4) is 0 Å². The smallest absolute Gasteiger partial charge is 0.309 e. The number of ether oxygens (including phenoxy) is 2. The minimum Gasteiger partial charge on any atom is -0.481 e. The molecule has 0 aromatic carbocycles. The van der Waals surface area contributed by atoms with Gasteiger partial charge in [0.05, 0.1) is 17.4 Å². The Hall–Kier alpha value is -2.22. The van der Waals surface area contributed by atoms with Gasteiger partial charge in [0.25, 0.3) is 0 Å². The number of aliphatic carboxylic acids is 1. The highest BCUT2D eigenvalue weighted by Gasteiger charge is 2.67. The Morgan fingerprint density at radius 1 is 0.917 bits per heavy atom. The van der Waals surface area contributed by atoms with Crippen LogP contribution in [-0.2, 0) is 28.7 Å². The van der Waals surface area contributed by atoms with E-state index in [4.69, 9.17) is 9.47 Å². The fourth-order valence-corrected chi connectivity index (χ4v) is 12.6. The van der Waals surface area contributed by atoms with Crippen LogP contribution in [0.5, 0.6) is 0 Å². The predicted molar refractivity (Wildman–Crippen MR) is 183 cm³/mol. The van der Waals surface area contributed by atoms with Crippen LogP contribution >= 0.6 is 0 Å². The van der Waals surface area contributed by atoms with Gasteiger partial charge in [-0.1, -0.05) is 41.5 Å². The molecule has 1 amide bonds. The lowest BCUT2D eigenvalue weighted by Crippen LogP contribution is -2.64. The molecule has 8 heteroatoms. The summed E-state index contributed by atoms with van der Waals surface area (Å²) in [5.41, 5.74) is 0.565. The molecule has 0 radical (unpaired) electrons. The van der Waals surface area contributed by atoms with Crippen LogP contribution in [0.25, 0.3) is 0 Å². The SMILES string of the molecule is CC(C)C1=C2C3CCC4C(C)(CCC5C(C)(C)[C@@H](OC(=O)CC(C)(C)C(=O)O)CC[C@]45C)C3CC[C@@]2(NC(=O)C2CCOCC2)CC1=O. The summed E-state index contributed by atoms with van der Waals surface area (Å²) in [5.74, 6) is 0.702. The molecule has 0 bridgehead atoms. The summed E-state index contributed by atoms with van der Waals surface area (Å²) in [4.78, 5) is 52.2. The first-order chi connectivity index (χ1) is 22.4. The highest BCUT2D eigenvalue weighted by molar-refractivity contribution is 6.02. The van der Waals surface area contributed by atoms with E-state index in [0.717, 1.165) is 69.8 Å². The molecule has 1 aliphatic heterocycles. The Bertz CT molecular complexity index is 1370. The average Bonchev–Trinajstić information content (AvgIpc) is 3.30. The molecule has 6 rings (SSSR count). The molecule has 268 valence electrons. The number of esters is 1. The molecule has 2 N–H and O–H groups in total. The Labute approximate surface area is 287 Å². The largest absolute Gasteiger partial charge is 0.481 e. The maximum absolute atomic E-state index is 13.8. The summed E-state index contributed by atoms with van der Waals surface area (Å²) in [6, 6.07) is 0. The molecule has 6 aliphatic rings. The predicted octanol–water partition coefficient (Wildman–Crippen LogP) is 7.28. The molecule has 0 aromatic rings. The number of Topliss-reactive ketones (excluding diaryl/α,β-unsaturated/α-hetero) is 1. The number of nitrogens with one attached hydrogen (secondary N) is 1. The van der Waals surface area contributed by atoms with Crippen molar-refractivity contribution < 1.29 is 33.8 Å². The van der Waals surface area contributed by atoms with Crippen molar-refractivity contribution in [3.8, 4) is 0 Å². The van der Waals surface area contributed by atoms with Crippen molar-refractivity contribution in [2.45, 2.75) is 144 Å². The van der Waals surface area contributed by atoms with E-state index in [2.05, 4.69) is 46.9 Å². The summed E-state index contributed by atoms with van der Waals surface area (Å²) < 4.78 is 11.7. The maximum Gasteiger partial charge on any atom is 0.309 e.